The number of esters is 1. The molecule has 1 aromatic rings. The molecular formula is C14H17NO3S. The highest BCUT2D eigenvalue weighted by Crippen LogP contribution is 2.20. The van der Waals surface area contributed by atoms with Gasteiger partial charge in [0.05, 0.1) is 6.61 Å². The van der Waals surface area contributed by atoms with E-state index in [4.69, 9.17) is 4.74 Å². The van der Waals surface area contributed by atoms with Crippen LogP contribution in [0.5, 0.6) is 0 Å². The van der Waals surface area contributed by atoms with E-state index in [1.54, 1.807) is 24.8 Å². The van der Waals surface area contributed by atoms with E-state index in [1.807, 2.05) is 24.3 Å². The predicted octanol–water partition coefficient (Wildman–Crippen LogP) is 2.86. The van der Waals surface area contributed by atoms with Gasteiger partial charge >= 0.3 is 5.97 Å². The lowest BCUT2D eigenvalue weighted by molar-refractivity contribution is -0.137. The Labute approximate surface area is 117 Å². The maximum absolute atomic E-state index is 11.0. The molecule has 0 saturated carbocycles. The van der Waals surface area contributed by atoms with Crippen LogP contribution in [0.3, 0.4) is 0 Å². The first-order valence-corrected chi connectivity index (χ1v) is 6.94. The second kappa shape index (κ2) is 8.37. The van der Waals surface area contributed by atoms with Crippen LogP contribution in [0.2, 0.25) is 0 Å². The van der Waals surface area contributed by atoms with E-state index in [-0.39, 0.29) is 11.9 Å². The van der Waals surface area contributed by atoms with Crippen LogP contribution >= 0.6 is 11.8 Å². The molecule has 1 N–H and O–H groups in total. The Morgan fingerprint density at radius 2 is 2.00 bits per heavy atom. The molecular weight excluding hydrogens is 262 g/mol. The fraction of sp³-hybridized carbons (Fsp3) is 0.286. The summed E-state index contributed by atoms with van der Waals surface area (Å²) >= 11 is 1.60. The molecule has 0 unspecified atom stereocenters. The number of benzene rings is 1. The van der Waals surface area contributed by atoms with Crippen molar-refractivity contribution in [3.8, 4) is 0 Å². The number of thioether (sulfide) groups is 1. The molecule has 0 heterocycles. The van der Waals surface area contributed by atoms with Crippen LogP contribution in [0.1, 0.15) is 13.8 Å². The minimum Gasteiger partial charge on any atom is -0.463 e. The molecule has 102 valence electrons. The molecule has 4 nitrogen and oxygen atoms in total. The number of ether oxygens (including phenoxy) is 1. The van der Waals surface area contributed by atoms with Gasteiger partial charge in [0.15, 0.2) is 0 Å². The molecule has 0 saturated heterocycles. The van der Waals surface area contributed by atoms with Crippen molar-refractivity contribution in [1.82, 2.24) is 0 Å². The van der Waals surface area contributed by atoms with Crippen molar-refractivity contribution in [1.29, 1.82) is 0 Å². The van der Waals surface area contributed by atoms with Gasteiger partial charge in [0, 0.05) is 29.3 Å². The Balaban J connectivity index is 2.37. The van der Waals surface area contributed by atoms with Crippen LogP contribution in [0.4, 0.5) is 5.69 Å². The fourth-order valence-corrected chi connectivity index (χ4v) is 2.03. The minimum absolute atomic E-state index is 0.0854. The van der Waals surface area contributed by atoms with Crippen molar-refractivity contribution >= 4 is 29.3 Å². The third-order valence-electron chi connectivity index (χ3n) is 2.06. The summed E-state index contributed by atoms with van der Waals surface area (Å²) in [6.45, 7) is 3.64. The van der Waals surface area contributed by atoms with Gasteiger partial charge < -0.3 is 10.1 Å². The fourth-order valence-electron chi connectivity index (χ4n) is 1.32. The molecule has 0 radical (unpaired) electrons. The largest absolute Gasteiger partial charge is 0.463 e. The molecule has 0 aromatic heterocycles. The van der Waals surface area contributed by atoms with Gasteiger partial charge in [-0.3, -0.25) is 4.79 Å². The van der Waals surface area contributed by atoms with Gasteiger partial charge in [0.25, 0.3) is 0 Å². The first kappa shape index (κ1) is 15.3. The SMILES string of the molecule is CCOC(=O)/C=C/CSc1ccc(NC(C)=O)cc1. The van der Waals surface area contributed by atoms with Crippen LogP contribution in [0, 0.1) is 0 Å². The summed E-state index contributed by atoms with van der Waals surface area (Å²) < 4.78 is 4.77. The van der Waals surface area contributed by atoms with E-state index < -0.39 is 0 Å². The number of hydrogen-bond acceptors (Lipinski definition) is 4. The molecule has 0 bridgehead atoms. The second-order valence-electron chi connectivity index (χ2n) is 3.67. The van der Waals surface area contributed by atoms with E-state index in [0.717, 1.165) is 10.6 Å². The summed E-state index contributed by atoms with van der Waals surface area (Å²) in [6, 6.07) is 7.54. The quantitative estimate of drug-likeness (QED) is 0.494. The molecule has 0 aliphatic carbocycles. The Kier molecular flexibility index (Phi) is 6.74. The Hall–Kier alpha value is -1.75. The van der Waals surface area contributed by atoms with Crippen LogP contribution in [0.25, 0.3) is 0 Å². The first-order chi connectivity index (χ1) is 9.11. The monoisotopic (exact) mass is 279 g/mol. The highest BCUT2D eigenvalue weighted by atomic mass is 32.2. The number of carbonyl (C=O) groups is 2. The number of hydrogen-bond donors (Lipinski definition) is 1. The number of nitrogens with one attached hydrogen (secondary N) is 1. The molecule has 1 amide bonds. The first-order valence-electron chi connectivity index (χ1n) is 5.95. The van der Waals surface area contributed by atoms with Crippen molar-refractivity contribution in [2.75, 3.05) is 17.7 Å². The van der Waals surface area contributed by atoms with Crippen molar-refractivity contribution in [3.05, 3.63) is 36.4 Å². The minimum atomic E-state index is -0.316. The van der Waals surface area contributed by atoms with Crippen LogP contribution < -0.4 is 5.32 Å². The van der Waals surface area contributed by atoms with Gasteiger partial charge in [0.1, 0.15) is 0 Å². The Morgan fingerprint density at radius 3 is 2.58 bits per heavy atom. The van der Waals surface area contributed by atoms with Gasteiger partial charge in [-0.05, 0) is 31.2 Å². The standard InChI is InChI=1S/C14H17NO3S/c1-3-18-14(17)5-4-10-19-13-8-6-12(7-9-13)15-11(2)16/h4-9H,3,10H2,1-2H3,(H,15,16)/b5-4+. The van der Waals surface area contributed by atoms with Gasteiger partial charge in [-0.2, -0.15) is 0 Å². The number of amides is 1. The van der Waals surface area contributed by atoms with Gasteiger partial charge in [-0.1, -0.05) is 6.08 Å². The summed E-state index contributed by atoms with van der Waals surface area (Å²) in [5.74, 6) is 0.292. The zero-order valence-electron chi connectivity index (χ0n) is 11.0. The van der Waals surface area contributed by atoms with E-state index in [9.17, 15) is 9.59 Å². The van der Waals surface area contributed by atoms with E-state index >= 15 is 0 Å². The van der Waals surface area contributed by atoms with Crippen molar-refractivity contribution in [3.63, 3.8) is 0 Å². The molecule has 0 fully saturated rings. The highest BCUT2D eigenvalue weighted by molar-refractivity contribution is 7.99. The molecule has 0 aliphatic rings. The Morgan fingerprint density at radius 1 is 1.32 bits per heavy atom. The molecule has 5 heteroatoms. The number of anilines is 1. The van der Waals surface area contributed by atoms with Crippen LogP contribution in [0.15, 0.2) is 41.3 Å². The second-order valence-corrected chi connectivity index (χ2v) is 4.76. The summed E-state index contributed by atoms with van der Waals surface area (Å²) in [5.41, 5.74) is 0.777. The molecule has 19 heavy (non-hydrogen) atoms. The zero-order valence-corrected chi connectivity index (χ0v) is 11.8. The topological polar surface area (TPSA) is 55.4 Å². The highest BCUT2D eigenvalue weighted by Gasteiger charge is 1.97. The van der Waals surface area contributed by atoms with Crippen molar-refractivity contribution in [2.45, 2.75) is 18.7 Å². The van der Waals surface area contributed by atoms with E-state index in [1.165, 1.54) is 13.0 Å². The lowest BCUT2D eigenvalue weighted by Gasteiger charge is -2.03. The third kappa shape index (κ3) is 6.67. The molecule has 0 aliphatic heterocycles. The maximum atomic E-state index is 11.0. The molecule has 0 spiro atoms. The number of carbonyl (C=O) groups excluding carboxylic acids is 2. The van der Waals surface area contributed by atoms with E-state index in [2.05, 4.69) is 5.32 Å². The van der Waals surface area contributed by atoms with Gasteiger partial charge in [-0.25, -0.2) is 4.79 Å². The molecule has 1 rings (SSSR count). The normalized spacial score (nSPS) is 10.4. The van der Waals surface area contributed by atoms with E-state index in [0.29, 0.717) is 12.4 Å². The van der Waals surface area contributed by atoms with Gasteiger partial charge in [0.2, 0.25) is 5.91 Å². The lowest BCUT2D eigenvalue weighted by Crippen LogP contribution is -2.05. The molecule has 1 aromatic carbocycles. The summed E-state index contributed by atoms with van der Waals surface area (Å²) in [6.07, 6.45) is 3.20. The lowest BCUT2D eigenvalue weighted by atomic mass is 10.3. The predicted molar refractivity (Wildman–Crippen MR) is 77.2 cm³/mol. The summed E-state index contributed by atoms with van der Waals surface area (Å²) in [4.78, 5) is 23.0. The third-order valence-corrected chi connectivity index (χ3v) is 3.03. The van der Waals surface area contributed by atoms with Crippen molar-refractivity contribution in [2.24, 2.45) is 0 Å². The van der Waals surface area contributed by atoms with Gasteiger partial charge in [-0.15, -0.1) is 11.8 Å². The van der Waals surface area contributed by atoms with Crippen molar-refractivity contribution < 1.29 is 14.3 Å². The number of rotatable bonds is 6. The van der Waals surface area contributed by atoms with Crippen LogP contribution in [-0.2, 0) is 14.3 Å². The Bertz CT molecular complexity index is 454. The van der Waals surface area contributed by atoms with Crippen LogP contribution in [-0.4, -0.2) is 24.2 Å². The molecule has 0 atom stereocenters. The summed E-state index contributed by atoms with van der Waals surface area (Å²) in [5, 5.41) is 2.70. The average Bonchev–Trinajstić information content (AvgIpc) is 2.36. The maximum Gasteiger partial charge on any atom is 0.330 e. The zero-order chi connectivity index (χ0) is 14.1. The average molecular weight is 279 g/mol. The summed E-state index contributed by atoms with van der Waals surface area (Å²) in [7, 11) is 0. The smallest absolute Gasteiger partial charge is 0.330 e.